The summed E-state index contributed by atoms with van der Waals surface area (Å²) in [7, 11) is 0. The minimum atomic E-state index is -1.19. The number of benzene rings is 1. The van der Waals surface area contributed by atoms with E-state index in [9.17, 15) is 19.4 Å². The minimum Gasteiger partial charge on any atom is -0.550 e. The molecule has 0 saturated heterocycles. The second kappa shape index (κ2) is 4.84. The number of hydrogen-bond acceptors (Lipinski definition) is 3. The fourth-order valence-electron chi connectivity index (χ4n) is 2.00. The van der Waals surface area contributed by atoms with Crippen LogP contribution in [0.5, 0.6) is 0 Å². The predicted octanol–water partition coefficient (Wildman–Crippen LogP) is -3.17. The van der Waals surface area contributed by atoms with Crippen LogP contribution < -0.4 is 34.7 Å². The first-order valence-corrected chi connectivity index (χ1v) is 4.68. The summed E-state index contributed by atoms with van der Waals surface area (Å²) in [4.78, 5) is 10.7. The monoisotopic (exact) mass is 232 g/mol. The van der Waals surface area contributed by atoms with Crippen LogP contribution in [0, 0.1) is 11.7 Å². The average molecular weight is 232 g/mol. The van der Waals surface area contributed by atoms with E-state index in [0.29, 0.717) is 12.0 Å². The van der Waals surface area contributed by atoms with Gasteiger partial charge in [0, 0.05) is 17.3 Å². The summed E-state index contributed by atoms with van der Waals surface area (Å²) in [5.41, 5.74) is -0.305. The number of carboxylic acid groups (broad SMARTS) is 1. The number of aliphatic carboxylic acids is 1. The van der Waals surface area contributed by atoms with E-state index < -0.39 is 23.1 Å². The van der Waals surface area contributed by atoms with Gasteiger partial charge in [0.15, 0.2) is 0 Å². The maximum atomic E-state index is 12.9. The second-order valence-electron chi connectivity index (χ2n) is 3.90. The zero-order valence-electron chi connectivity index (χ0n) is 8.94. The van der Waals surface area contributed by atoms with Crippen molar-refractivity contribution in [3.63, 3.8) is 0 Å². The molecular weight excluding hydrogens is 222 g/mol. The normalized spacial score (nSPS) is 27.0. The van der Waals surface area contributed by atoms with E-state index in [1.165, 1.54) is 18.2 Å². The third kappa shape index (κ3) is 2.15. The van der Waals surface area contributed by atoms with E-state index in [2.05, 4.69) is 0 Å². The average Bonchev–Trinajstić information content (AvgIpc) is 2.93. The molecule has 0 aliphatic heterocycles. The number of carbonyl (C=O) groups excluding carboxylic acids is 1. The second-order valence-corrected chi connectivity index (χ2v) is 3.90. The van der Waals surface area contributed by atoms with E-state index in [1.807, 2.05) is 0 Å². The van der Waals surface area contributed by atoms with Gasteiger partial charge in [0.05, 0.1) is 6.61 Å². The Hall–Kier alpha value is -0.420. The van der Waals surface area contributed by atoms with Gasteiger partial charge in [-0.3, -0.25) is 0 Å². The van der Waals surface area contributed by atoms with E-state index in [4.69, 9.17) is 0 Å². The van der Waals surface area contributed by atoms with Crippen LogP contribution in [0.3, 0.4) is 0 Å². The fourth-order valence-corrected chi connectivity index (χ4v) is 2.00. The summed E-state index contributed by atoms with van der Waals surface area (Å²) in [6, 6.07) is 5.68. The van der Waals surface area contributed by atoms with Crippen LogP contribution in [0.4, 0.5) is 4.39 Å². The standard InChI is InChI=1S/C11H11FO3.Na/c12-8-3-1-2-7(4-8)11(6-13)5-9(11)10(14)15;/h1-4,9,13H,5-6H2,(H,14,15);/q;+1/p-1/t9-,11-;/m1./s1. The number of carboxylic acids is 1. The molecule has 0 amide bonds. The fraction of sp³-hybridized carbons (Fsp3) is 0.364. The number of halogens is 1. The van der Waals surface area contributed by atoms with E-state index in [-0.39, 0.29) is 36.2 Å². The molecule has 0 bridgehead atoms. The first-order valence-electron chi connectivity index (χ1n) is 4.68. The van der Waals surface area contributed by atoms with Crippen LogP contribution in [-0.2, 0) is 10.2 Å². The van der Waals surface area contributed by atoms with Crippen LogP contribution >= 0.6 is 0 Å². The molecule has 1 aromatic carbocycles. The number of rotatable bonds is 3. The Balaban J connectivity index is 0.00000128. The molecule has 1 saturated carbocycles. The third-order valence-corrected chi connectivity index (χ3v) is 3.04. The van der Waals surface area contributed by atoms with Gasteiger partial charge in [-0.15, -0.1) is 0 Å². The summed E-state index contributed by atoms with van der Waals surface area (Å²) < 4.78 is 12.9. The maximum absolute atomic E-state index is 12.9. The van der Waals surface area contributed by atoms with Crippen molar-refractivity contribution in [1.29, 1.82) is 0 Å². The van der Waals surface area contributed by atoms with Gasteiger partial charge in [-0.05, 0) is 24.1 Å². The maximum Gasteiger partial charge on any atom is 1.00 e. The first kappa shape index (κ1) is 13.6. The summed E-state index contributed by atoms with van der Waals surface area (Å²) in [6.45, 7) is -0.297. The molecule has 0 aromatic heterocycles. The molecule has 1 aliphatic carbocycles. The summed E-state index contributed by atoms with van der Waals surface area (Å²) in [5, 5.41) is 19.9. The summed E-state index contributed by atoms with van der Waals surface area (Å²) in [5.74, 6) is -2.32. The molecular formula is C11H10FNaO3. The predicted molar refractivity (Wildman–Crippen MR) is 48.3 cm³/mol. The zero-order chi connectivity index (χ0) is 11.1. The van der Waals surface area contributed by atoms with Crippen LogP contribution in [0.1, 0.15) is 12.0 Å². The van der Waals surface area contributed by atoms with Crippen molar-refractivity contribution in [3.8, 4) is 0 Å². The van der Waals surface area contributed by atoms with Gasteiger partial charge in [-0.2, -0.15) is 0 Å². The Kier molecular flexibility index (Phi) is 4.12. The number of hydrogen-bond donors (Lipinski definition) is 1. The molecule has 16 heavy (non-hydrogen) atoms. The van der Waals surface area contributed by atoms with Crippen molar-refractivity contribution < 1.29 is 49.0 Å². The van der Waals surface area contributed by atoms with Crippen LogP contribution in [0.2, 0.25) is 0 Å². The molecule has 80 valence electrons. The quantitative estimate of drug-likeness (QED) is 0.559. The molecule has 2 rings (SSSR count). The Labute approximate surface area is 115 Å². The molecule has 1 N–H and O–H groups in total. The number of carbonyl (C=O) groups is 1. The Morgan fingerprint density at radius 2 is 2.31 bits per heavy atom. The van der Waals surface area contributed by atoms with Gasteiger partial charge in [0.2, 0.25) is 0 Å². The molecule has 1 fully saturated rings. The van der Waals surface area contributed by atoms with Crippen molar-refractivity contribution in [2.75, 3.05) is 6.61 Å². The molecule has 1 aromatic rings. The molecule has 0 unspecified atom stereocenters. The van der Waals surface area contributed by atoms with Crippen LogP contribution in [0.15, 0.2) is 24.3 Å². The van der Waals surface area contributed by atoms with Gasteiger partial charge in [-0.25, -0.2) is 4.39 Å². The molecule has 5 heteroatoms. The molecule has 0 heterocycles. The molecule has 0 radical (unpaired) electrons. The largest absolute Gasteiger partial charge is 1.00 e. The Bertz CT molecular complexity index is 410. The van der Waals surface area contributed by atoms with Crippen molar-refractivity contribution in [3.05, 3.63) is 35.6 Å². The zero-order valence-corrected chi connectivity index (χ0v) is 10.9. The molecule has 2 atom stereocenters. The number of aliphatic hydroxyl groups excluding tert-OH is 1. The van der Waals surface area contributed by atoms with Gasteiger partial charge in [0.1, 0.15) is 5.82 Å². The van der Waals surface area contributed by atoms with E-state index in [0.717, 1.165) is 0 Å². The van der Waals surface area contributed by atoms with Crippen LogP contribution in [0.25, 0.3) is 0 Å². The van der Waals surface area contributed by atoms with Gasteiger partial charge < -0.3 is 15.0 Å². The summed E-state index contributed by atoms with van der Waals surface area (Å²) in [6.07, 6.45) is 0.315. The number of aliphatic hydroxyl groups is 1. The van der Waals surface area contributed by atoms with Gasteiger partial charge >= 0.3 is 29.6 Å². The minimum absolute atomic E-state index is 0. The Morgan fingerprint density at radius 3 is 2.75 bits per heavy atom. The Morgan fingerprint density at radius 1 is 1.62 bits per heavy atom. The molecule has 0 spiro atoms. The summed E-state index contributed by atoms with van der Waals surface area (Å²) >= 11 is 0. The topological polar surface area (TPSA) is 60.4 Å². The van der Waals surface area contributed by atoms with Crippen LogP contribution in [-0.4, -0.2) is 17.7 Å². The molecule has 1 aliphatic rings. The van der Waals surface area contributed by atoms with Crippen molar-refractivity contribution in [1.82, 2.24) is 0 Å². The SMILES string of the molecule is O=C([O-])[C@H]1C[C@@]1(CO)c1cccc(F)c1.[Na+]. The smallest absolute Gasteiger partial charge is 0.550 e. The third-order valence-electron chi connectivity index (χ3n) is 3.04. The van der Waals surface area contributed by atoms with Gasteiger partial charge in [0.25, 0.3) is 0 Å². The van der Waals surface area contributed by atoms with Crippen molar-refractivity contribution in [2.24, 2.45) is 5.92 Å². The van der Waals surface area contributed by atoms with E-state index >= 15 is 0 Å². The van der Waals surface area contributed by atoms with E-state index in [1.54, 1.807) is 6.07 Å². The molecule has 3 nitrogen and oxygen atoms in total. The first-order chi connectivity index (χ1) is 7.10. The van der Waals surface area contributed by atoms with Crippen molar-refractivity contribution >= 4 is 5.97 Å². The van der Waals surface area contributed by atoms with Gasteiger partial charge in [-0.1, -0.05) is 12.1 Å². The van der Waals surface area contributed by atoms with Crippen molar-refractivity contribution in [2.45, 2.75) is 11.8 Å².